The van der Waals surface area contributed by atoms with Crippen LogP contribution in [0.25, 0.3) is 0 Å². The van der Waals surface area contributed by atoms with Crippen LogP contribution in [0, 0.1) is 0 Å². The average molecular weight is 139 g/mol. The van der Waals surface area contributed by atoms with Crippen molar-refractivity contribution in [3.05, 3.63) is 11.9 Å². The number of aromatic nitrogens is 3. The molecule has 1 heterocycles. The number of hydrogen-bond donors (Lipinski definition) is 1. The van der Waals surface area contributed by atoms with Gasteiger partial charge in [0.15, 0.2) is 0 Å². The second kappa shape index (κ2) is 1.58. The summed E-state index contributed by atoms with van der Waals surface area (Å²) in [6, 6.07) is 0. The third kappa shape index (κ3) is 0.724. The minimum absolute atomic E-state index is 0.631. The number of aryl methyl sites for hydroxylation is 1. The summed E-state index contributed by atoms with van der Waals surface area (Å²) in [5.41, 5.74) is 0.0730. The van der Waals surface area contributed by atoms with Crippen molar-refractivity contribution in [3.63, 3.8) is 0 Å². The van der Waals surface area contributed by atoms with Gasteiger partial charge in [0.2, 0.25) is 0 Å². The van der Waals surface area contributed by atoms with Crippen molar-refractivity contribution >= 4 is 0 Å². The monoisotopic (exact) mass is 139 g/mol. The molecule has 0 radical (unpaired) electrons. The van der Waals surface area contributed by atoms with Crippen LogP contribution in [0.4, 0.5) is 0 Å². The van der Waals surface area contributed by atoms with Gasteiger partial charge in [-0.05, 0) is 12.8 Å². The molecule has 4 heteroatoms. The Labute approximate surface area is 58.5 Å². The smallest absolute Gasteiger partial charge is 0.114 e. The van der Waals surface area contributed by atoms with Gasteiger partial charge in [-0.25, -0.2) is 0 Å². The zero-order valence-corrected chi connectivity index (χ0v) is 5.78. The fraction of sp³-hybridized carbons (Fsp3) is 0.667. The Hall–Kier alpha value is -0.900. The van der Waals surface area contributed by atoms with Gasteiger partial charge in [0.05, 0.1) is 6.20 Å². The summed E-state index contributed by atoms with van der Waals surface area (Å²) in [5.74, 6) is 0. The molecule has 1 saturated carbocycles. The van der Waals surface area contributed by atoms with Gasteiger partial charge < -0.3 is 5.11 Å². The van der Waals surface area contributed by atoms with E-state index in [1.165, 1.54) is 0 Å². The molecule has 0 spiro atoms. The Kier molecular flexibility index (Phi) is 0.922. The highest BCUT2D eigenvalue weighted by Gasteiger charge is 2.44. The van der Waals surface area contributed by atoms with Gasteiger partial charge in [-0.2, -0.15) is 0 Å². The molecule has 0 bridgehead atoms. The molecule has 0 amide bonds. The molecule has 1 aliphatic carbocycles. The van der Waals surface area contributed by atoms with Crippen molar-refractivity contribution in [3.8, 4) is 0 Å². The first kappa shape index (κ1) is 5.85. The predicted octanol–water partition coefficient (Wildman–Crippen LogP) is -0.204. The number of nitrogens with zero attached hydrogens (tertiary/aromatic N) is 3. The van der Waals surface area contributed by atoms with E-state index in [1.807, 2.05) is 0 Å². The Morgan fingerprint density at radius 1 is 1.70 bits per heavy atom. The summed E-state index contributed by atoms with van der Waals surface area (Å²) in [7, 11) is 1.79. The van der Waals surface area contributed by atoms with Crippen molar-refractivity contribution in [1.82, 2.24) is 15.0 Å². The lowest BCUT2D eigenvalue weighted by atomic mass is 10.2. The first-order valence-electron chi connectivity index (χ1n) is 3.30. The van der Waals surface area contributed by atoms with Gasteiger partial charge >= 0.3 is 0 Å². The lowest BCUT2D eigenvalue weighted by molar-refractivity contribution is 0.146. The molecule has 0 saturated heterocycles. The molecule has 2 rings (SSSR count). The van der Waals surface area contributed by atoms with E-state index in [1.54, 1.807) is 17.9 Å². The van der Waals surface area contributed by atoms with E-state index in [-0.39, 0.29) is 0 Å². The fourth-order valence-corrected chi connectivity index (χ4v) is 0.935. The molecule has 54 valence electrons. The normalized spacial score (nSPS) is 21.0. The van der Waals surface area contributed by atoms with Crippen LogP contribution >= 0.6 is 0 Å². The predicted molar refractivity (Wildman–Crippen MR) is 34.1 cm³/mol. The molecule has 1 fully saturated rings. The molecule has 1 aromatic heterocycles. The average Bonchev–Trinajstić information content (AvgIpc) is 2.45. The second-order valence-corrected chi connectivity index (χ2v) is 2.81. The van der Waals surface area contributed by atoms with Crippen molar-refractivity contribution in [2.24, 2.45) is 7.05 Å². The summed E-state index contributed by atoms with van der Waals surface area (Å²) in [6.45, 7) is 0. The Morgan fingerprint density at radius 3 is 2.80 bits per heavy atom. The minimum atomic E-state index is -0.631. The van der Waals surface area contributed by atoms with E-state index in [0.717, 1.165) is 12.8 Å². The van der Waals surface area contributed by atoms with Gasteiger partial charge in [0.1, 0.15) is 11.3 Å². The maximum atomic E-state index is 9.50. The summed E-state index contributed by atoms with van der Waals surface area (Å²) < 4.78 is 1.60. The lowest BCUT2D eigenvalue weighted by Gasteiger charge is -1.98. The zero-order chi connectivity index (χ0) is 7.19. The van der Waals surface area contributed by atoms with Crippen LogP contribution in [0.15, 0.2) is 6.20 Å². The molecule has 1 aliphatic rings. The van der Waals surface area contributed by atoms with Crippen LogP contribution in [0.5, 0.6) is 0 Å². The van der Waals surface area contributed by atoms with E-state index in [9.17, 15) is 5.11 Å². The molecule has 0 unspecified atom stereocenters. The molecule has 4 nitrogen and oxygen atoms in total. The van der Waals surface area contributed by atoms with Crippen molar-refractivity contribution < 1.29 is 5.11 Å². The van der Waals surface area contributed by atoms with Gasteiger partial charge in [-0.3, -0.25) is 4.68 Å². The van der Waals surface area contributed by atoms with Gasteiger partial charge in [0, 0.05) is 7.05 Å². The summed E-state index contributed by atoms with van der Waals surface area (Å²) >= 11 is 0. The van der Waals surface area contributed by atoms with E-state index in [4.69, 9.17) is 0 Å². The first-order chi connectivity index (χ1) is 4.71. The van der Waals surface area contributed by atoms with Crippen LogP contribution in [0.1, 0.15) is 18.5 Å². The Morgan fingerprint density at radius 2 is 2.40 bits per heavy atom. The second-order valence-electron chi connectivity index (χ2n) is 2.81. The van der Waals surface area contributed by atoms with Crippen LogP contribution in [0.2, 0.25) is 0 Å². The van der Waals surface area contributed by atoms with E-state index >= 15 is 0 Å². The molecule has 1 N–H and O–H groups in total. The minimum Gasteiger partial charge on any atom is -0.383 e. The third-order valence-corrected chi connectivity index (χ3v) is 1.80. The maximum absolute atomic E-state index is 9.50. The summed E-state index contributed by atoms with van der Waals surface area (Å²) in [6.07, 6.45) is 3.41. The molecular formula is C6H9N3O. The third-order valence-electron chi connectivity index (χ3n) is 1.80. The fourth-order valence-electron chi connectivity index (χ4n) is 0.935. The van der Waals surface area contributed by atoms with E-state index in [2.05, 4.69) is 10.3 Å². The van der Waals surface area contributed by atoms with Crippen LogP contribution in [-0.4, -0.2) is 20.1 Å². The highest BCUT2D eigenvalue weighted by Crippen LogP contribution is 2.43. The molecule has 0 aromatic carbocycles. The van der Waals surface area contributed by atoms with Crippen molar-refractivity contribution in [2.45, 2.75) is 18.4 Å². The van der Waals surface area contributed by atoms with Gasteiger partial charge in [-0.15, -0.1) is 5.10 Å². The molecule has 10 heavy (non-hydrogen) atoms. The number of hydrogen-bond acceptors (Lipinski definition) is 3. The molecular weight excluding hydrogens is 130 g/mol. The van der Waals surface area contributed by atoms with E-state index in [0.29, 0.717) is 5.69 Å². The number of aliphatic hydroxyl groups is 1. The van der Waals surface area contributed by atoms with Crippen LogP contribution in [0.3, 0.4) is 0 Å². The largest absolute Gasteiger partial charge is 0.383 e. The van der Waals surface area contributed by atoms with Gasteiger partial charge in [-0.1, -0.05) is 5.21 Å². The Bertz CT molecular complexity index is 251. The van der Waals surface area contributed by atoms with Crippen molar-refractivity contribution in [1.29, 1.82) is 0 Å². The van der Waals surface area contributed by atoms with Crippen LogP contribution in [-0.2, 0) is 12.6 Å². The van der Waals surface area contributed by atoms with E-state index < -0.39 is 5.60 Å². The SMILES string of the molecule is Cn1cc(C2(O)CC2)nn1. The Balaban J connectivity index is 2.34. The standard InChI is InChI=1S/C6H9N3O/c1-9-4-5(7-8-9)6(10)2-3-6/h4,10H,2-3H2,1H3. The van der Waals surface area contributed by atoms with Crippen LogP contribution < -0.4 is 0 Å². The summed E-state index contributed by atoms with van der Waals surface area (Å²) in [4.78, 5) is 0. The first-order valence-corrected chi connectivity index (χ1v) is 3.30. The quantitative estimate of drug-likeness (QED) is 0.586. The molecule has 0 aliphatic heterocycles. The zero-order valence-electron chi connectivity index (χ0n) is 5.78. The maximum Gasteiger partial charge on any atom is 0.114 e. The lowest BCUT2D eigenvalue weighted by Crippen LogP contribution is -2.04. The van der Waals surface area contributed by atoms with Crippen molar-refractivity contribution in [2.75, 3.05) is 0 Å². The molecule has 0 atom stereocenters. The summed E-state index contributed by atoms with van der Waals surface area (Å²) in [5, 5.41) is 17.0. The topological polar surface area (TPSA) is 50.9 Å². The highest BCUT2D eigenvalue weighted by atomic mass is 16.3. The molecule has 1 aromatic rings. The highest BCUT2D eigenvalue weighted by molar-refractivity contribution is 5.14. The number of rotatable bonds is 1. The van der Waals surface area contributed by atoms with Gasteiger partial charge in [0.25, 0.3) is 0 Å².